The lowest BCUT2D eigenvalue weighted by atomic mass is 9.86. The molecule has 0 spiro atoms. The van der Waals surface area contributed by atoms with Crippen LogP contribution < -0.4 is 5.43 Å². The van der Waals surface area contributed by atoms with E-state index in [2.05, 4.69) is 32.9 Å². The number of nitrogens with zero attached hydrogens (tertiary/aromatic N) is 1. The number of carbonyl (C=O) groups excluding carboxylic acids is 1. The van der Waals surface area contributed by atoms with Gasteiger partial charge in [0.1, 0.15) is 5.58 Å². The second-order valence-electron chi connectivity index (χ2n) is 9.37. The number of benzene rings is 2. The third kappa shape index (κ3) is 3.57. The first kappa shape index (κ1) is 21.3. The van der Waals surface area contributed by atoms with E-state index < -0.39 is 6.04 Å². The predicted octanol–water partition coefficient (Wildman–Crippen LogP) is 4.90. The summed E-state index contributed by atoms with van der Waals surface area (Å²) in [5.74, 6) is -0.129. The molecule has 0 fully saturated rings. The van der Waals surface area contributed by atoms with Crippen LogP contribution in [0.5, 0.6) is 0 Å². The van der Waals surface area contributed by atoms with Crippen LogP contribution in [0.15, 0.2) is 45.6 Å². The van der Waals surface area contributed by atoms with E-state index in [4.69, 9.17) is 9.15 Å². The smallest absolute Gasteiger partial charge is 0.290 e. The zero-order chi connectivity index (χ0) is 22.5. The standard InChI is InChI=1S/C26H29NO4/c1-15-13-19-20(14-16(15)2)31-24-21(23(19)28)22(27(25(24)29)11-12-30-6)17-7-9-18(10-8-17)26(3,4)5/h7-10,13-14,22H,11-12H2,1-6H3. The summed E-state index contributed by atoms with van der Waals surface area (Å²) in [6, 6.07) is 11.4. The van der Waals surface area contributed by atoms with Gasteiger partial charge in [0.25, 0.3) is 5.91 Å². The lowest BCUT2D eigenvalue weighted by Gasteiger charge is -2.26. The highest BCUT2D eigenvalue weighted by atomic mass is 16.5. The van der Waals surface area contributed by atoms with Gasteiger partial charge < -0.3 is 14.1 Å². The molecule has 3 aromatic rings. The Morgan fingerprint density at radius 2 is 1.68 bits per heavy atom. The van der Waals surface area contributed by atoms with Crippen molar-refractivity contribution >= 4 is 16.9 Å². The number of amides is 1. The molecule has 4 rings (SSSR count). The molecule has 0 bridgehead atoms. The molecule has 31 heavy (non-hydrogen) atoms. The quantitative estimate of drug-likeness (QED) is 0.604. The van der Waals surface area contributed by atoms with E-state index in [0.29, 0.717) is 29.7 Å². The van der Waals surface area contributed by atoms with Gasteiger partial charge in [-0.25, -0.2) is 0 Å². The Hall–Kier alpha value is -2.92. The van der Waals surface area contributed by atoms with Gasteiger partial charge in [-0.15, -0.1) is 0 Å². The molecule has 0 saturated carbocycles. The third-order valence-corrected chi connectivity index (χ3v) is 6.21. The van der Waals surface area contributed by atoms with Crippen LogP contribution >= 0.6 is 0 Å². The molecular formula is C26H29NO4. The zero-order valence-corrected chi connectivity index (χ0v) is 19.0. The van der Waals surface area contributed by atoms with Gasteiger partial charge >= 0.3 is 0 Å². The topological polar surface area (TPSA) is 59.8 Å². The molecule has 1 atom stereocenters. The lowest BCUT2D eigenvalue weighted by molar-refractivity contribution is 0.0663. The fourth-order valence-electron chi connectivity index (χ4n) is 4.21. The van der Waals surface area contributed by atoms with Crippen LogP contribution in [0.4, 0.5) is 0 Å². The fraction of sp³-hybridized carbons (Fsp3) is 0.385. The minimum atomic E-state index is -0.492. The Labute approximate surface area is 182 Å². The largest absolute Gasteiger partial charge is 0.450 e. The maximum absolute atomic E-state index is 13.6. The van der Waals surface area contributed by atoms with Crippen LogP contribution in [0.2, 0.25) is 0 Å². The van der Waals surface area contributed by atoms with Gasteiger partial charge in [0.05, 0.1) is 23.6 Å². The number of ether oxygens (including phenoxy) is 1. The van der Waals surface area contributed by atoms with Gasteiger partial charge in [-0.1, -0.05) is 45.0 Å². The van der Waals surface area contributed by atoms with Crippen molar-refractivity contribution in [1.29, 1.82) is 0 Å². The van der Waals surface area contributed by atoms with Gasteiger partial charge in [-0.3, -0.25) is 9.59 Å². The van der Waals surface area contributed by atoms with Crippen LogP contribution in [0.25, 0.3) is 11.0 Å². The number of methoxy groups -OCH3 is 1. The molecule has 1 aliphatic rings. The van der Waals surface area contributed by atoms with Gasteiger partial charge in [0.2, 0.25) is 5.76 Å². The van der Waals surface area contributed by atoms with Crippen LogP contribution in [0.1, 0.15) is 65.2 Å². The molecular weight excluding hydrogens is 390 g/mol. The normalized spacial score (nSPS) is 16.3. The zero-order valence-electron chi connectivity index (χ0n) is 19.0. The number of hydrogen-bond acceptors (Lipinski definition) is 4. The first-order chi connectivity index (χ1) is 14.6. The Kier molecular flexibility index (Phi) is 5.26. The molecule has 2 heterocycles. The highest BCUT2D eigenvalue weighted by molar-refractivity contribution is 5.99. The van der Waals surface area contributed by atoms with Crippen LogP contribution in [0, 0.1) is 13.8 Å². The van der Waals surface area contributed by atoms with Crippen LogP contribution in [-0.4, -0.2) is 31.1 Å². The molecule has 1 aliphatic heterocycles. The molecule has 1 amide bonds. The van der Waals surface area contributed by atoms with Gasteiger partial charge in [-0.2, -0.15) is 0 Å². The summed E-state index contributed by atoms with van der Waals surface area (Å²) >= 11 is 0. The molecule has 162 valence electrons. The maximum atomic E-state index is 13.6. The average Bonchev–Trinajstić information content (AvgIpc) is 2.99. The Balaban J connectivity index is 1.93. The van der Waals surface area contributed by atoms with E-state index in [1.165, 1.54) is 5.56 Å². The maximum Gasteiger partial charge on any atom is 0.290 e. The molecule has 5 nitrogen and oxygen atoms in total. The average molecular weight is 420 g/mol. The van der Waals surface area contributed by atoms with Crippen molar-refractivity contribution in [3.8, 4) is 0 Å². The minimum Gasteiger partial charge on any atom is -0.450 e. The number of fused-ring (bicyclic) bond motifs is 2. The summed E-state index contributed by atoms with van der Waals surface area (Å²) < 4.78 is 11.3. The van der Waals surface area contributed by atoms with E-state index in [1.807, 2.05) is 38.1 Å². The van der Waals surface area contributed by atoms with Crippen LogP contribution in [-0.2, 0) is 10.2 Å². The van der Waals surface area contributed by atoms with E-state index in [9.17, 15) is 9.59 Å². The van der Waals surface area contributed by atoms with Crippen LogP contribution in [0.3, 0.4) is 0 Å². The van der Waals surface area contributed by atoms with Crippen molar-refractivity contribution in [2.24, 2.45) is 0 Å². The SMILES string of the molecule is COCCN1C(=O)c2oc3cc(C)c(C)cc3c(=O)c2C1c1ccc(C(C)(C)C)cc1. The van der Waals surface area contributed by atoms with E-state index in [0.717, 1.165) is 16.7 Å². The minimum absolute atomic E-state index is 0.0162. The summed E-state index contributed by atoms with van der Waals surface area (Å²) in [5, 5.41) is 0.513. The molecule has 5 heteroatoms. The van der Waals surface area contributed by atoms with Gasteiger partial charge in [0, 0.05) is 13.7 Å². The van der Waals surface area contributed by atoms with E-state index in [-0.39, 0.29) is 22.5 Å². The number of aryl methyl sites for hydroxylation is 2. The van der Waals surface area contributed by atoms with Crippen molar-refractivity contribution in [3.63, 3.8) is 0 Å². The summed E-state index contributed by atoms with van der Waals surface area (Å²) in [7, 11) is 1.60. The number of carbonyl (C=O) groups is 1. The van der Waals surface area contributed by atoms with Crippen molar-refractivity contribution in [1.82, 2.24) is 4.90 Å². The number of hydrogen-bond donors (Lipinski definition) is 0. The van der Waals surface area contributed by atoms with E-state index in [1.54, 1.807) is 12.0 Å². The molecule has 0 N–H and O–H groups in total. The van der Waals surface area contributed by atoms with Gasteiger partial charge in [0.15, 0.2) is 5.43 Å². The third-order valence-electron chi connectivity index (χ3n) is 6.21. The second-order valence-corrected chi connectivity index (χ2v) is 9.37. The molecule has 0 radical (unpaired) electrons. The first-order valence-corrected chi connectivity index (χ1v) is 10.6. The highest BCUT2D eigenvalue weighted by Gasteiger charge is 2.42. The van der Waals surface area contributed by atoms with Crippen molar-refractivity contribution in [2.75, 3.05) is 20.3 Å². The summed E-state index contributed by atoms with van der Waals surface area (Å²) in [6.07, 6.45) is 0. The molecule has 0 saturated heterocycles. The summed E-state index contributed by atoms with van der Waals surface area (Å²) in [5.41, 5.74) is 4.88. The second kappa shape index (κ2) is 7.65. The Morgan fingerprint density at radius 3 is 2.29 bits per heavy atom. The first-order valence-electron chi connectivity index (χ1n) is 10.6. The van der Waals surface area contributed by atoms with Crippen molar-refractivity contribution in [3.05, 3.63) is 80.2 Å². The number of rotatable bonds is 4. The highest BCUT2D eigenvalue weighted by Crippen LogP contribution is 2.38. The Morgan fingerprint density at radius 1 is 1.03 bits per heavy atom. The summed E-state index contributed by atoms with van der Waals surface area (Å²) in [4.78, 5) is 28.6. The Bertz CT molecular complexity index is 1220. The lowest BCUT2D eigenvalue weighted by Crippen LogP contribution is -2.32. The molecule has 2 aromatic carbocycles. The monoisotopic (exact) mass is 419 g/mol. The molecule has 0 aliphatic carbocycles. The van der Waals surface area contributed by atoms with Crippen molar-refractivity contribution in [2.45, 2.75) is 46.1 Å². The molecule has 1 unspecified atom stereocenters. The van der Waals surface area contributed by atoms with E-state index >= 15 is 0 Å². The van der Waals surface area contributed by atoms with Crippen molar-refractivity contribution < 1.29 is 13.9 Å². The van der Waals surface area contributed by atoms with Gasteiger partial charge in [-0.05, 0) is 53.6 Å². The summed E-state index contributed by atoms with van der Waals surface area (Å²) in [6.45, 7) is 11.2. The molecule has 1 aromatic heterocycles. The fourth-order valence-corrected chi connectivity index (χ4v) is 4.21. The predicted molar refractivity (Wildman–Crippen MR) is 122 cm³/mol.